The van der Waals surface area contributed by atoms with E-state index in [4.69, 9.17) is 21.1 Å². The number of likely N-dealkylation sites (tertiary alicyclic amines) is 1. The summed E-state index contributed by atoms with van der Waals surface area (Å²) < 4.78 is 10.4. The molecule has 0 bridgehead atoms. The van der Waals surface area contributed by atoms with E-state index in [1.807, 2.05) is 0 Å². The number of benzene rings is 1. The number of hydrogen-bond donors (Lipinski definition) is 3. The van der Waals surface area contributed by atoms with Crippen LogP contribution in [0.25, 0.3) is 10.9 Å². The second-order valence-electron chi connectivity index (χ2n) is 11.4. The van der Waals surface area contributed by atoms with E-state index in [1.54, 1.807) is 23.1 Å². The minimum Gasteiger partial charge on any atom is -0.494 e. The number of aromatic amines is 1. The standard InChI is InChI=1S/C29H37ClN4O6/c1-39-24-18-14-21(32-20(18)9-8-19(24)30)27(37)34-16-29(10-4-3-5-11-29)15-23(34)26(36)33-22(28(38)40-2)13-17-7-6-12-31-25(17)35/h8-9,14,17,22-23,32H,3-7,10-13,15-16H2,1-2H3,(H,31,35)(H,33,36)/t17?,22-,23?/m0/s1. The van der Waals surface area contributed by atoms with Gasteiger partial charge in [-0.25, -0.2) is 4.79 Å². The zero-order valence-corrected chi connectivity index (χ0v) is 23.8. The molecule has 2 aliphatic heterocycles. The second-order valence-corrected chi connectivity index (χ2v) is 11.8. The largest absolute Gasteiger partial charge is 0.494 e. The summed E-state index contributed by atoms with van der Waals surface area (Å²) in [5.41, 5.74) is 0.894. The molecule has 1 aromatic carbocycles. The third kappa shape index (κ3) is 5.50. The molecule has 11 heteroatoms. The van der Waals surface area contributed by atoms with Crippen molar-refractivity contribution >= 4 is 46.2 Å². The van der Waals surface area contributed by atoms with Crippen LogP contribution >= 0.6 is 11.6 Å². The first-order chi connectivity index (χ1) is 19.2. The van der Waals surface area contributed by atoms with E-state index >= 15 is 0 Å². The van der Waals surface area contributed by atoms with Crippen molar-refractivity contribution in [2.75, 3.05) is 27.3 Å². The van der Waals surface area contributed by atoms with Crippen molar-refractivity contribution in [2.45, 2.75) is 69.9 Å². The number of ether oxygens (including phenoxy) is 2. The topological polar surface area (TPSA) is 130 Å². The van der Waals surface area contributed by atoms with Gasteiger partial charge in [-0.3, -0.25) is 14.4 Å². The van der Waals surface area contributed by atoms with Gasteiger partial charge in [0.25, 0.3) is 5.91 Å². The second kappa shape index (κ2) is 11.7. The Kier molecular flexibility index (Phi) is 8.26. The molecule has 0 radical (unpaired) electrons. The number of nitrogens with zero attached hydrogens (tertiary/aromatic N) is 1. The highest BCUT2D eigenvalue weighted by Gasteiger charge is 2.49. The van der Waals surface area contributed by atoms with Crippen molar-refractivity contribution < 1.29 is 28.7 Å². The molecule has 3 heterocycles. The Morgan fingerprint density at radius 2 is 1.95 bits per heavy atom. The summed E-state index contributed by atoms with van der Waals surface area (Å²) >= 11 is 6.30. The lowest BCUT2D eigenvalue weighted by molar-refractivity contribution is -0.146. The first-order valence-corrected chi connectivity index (χ1v) is 14.4. The Morgan fingerprint density at radius 3 is 2.65 bits per heavy atom. The zero-order chi connectivity index (χ0) is 28.4. The van der Waals surface area contributed by atoms with Crippen molar-refractivity contribution in [3.05, 3.63) is 28.9 Å². The molecule has 2 saturated heterocycles. The molecule has 10 nitrogen and oxygen atoms in total. The molecule has 40 heavy (non-hydrogen) atoms. The number of methoxy groups -OCH3 is 2. The normalized spacial score (nSPS) is 23.1. The van der Waals surface area contributed by atoms with Crippen LogP contribution in [0.3, 0.4) is 0 Å². The number of aromatic nitrogens is 1. The molecule has 216 valence electrons. The number of esters is 1. The number of nitrogens with one attached hydrogen (secondary N) is 3. The van der Waals surface area contributed by atoms with Crippen molar-refractivity contribution in [1.29, 1.82) is 0 Å². The van der Waals surface area contributed by atoms with Crippen LogP contribution in [0.1, 0.15) is 68.3 Å². The summed E-state index contributed by atoms with van der Waals surface area (Å²) in [4.78, 5) is 57.7. The first-order valence-electron chi connectivity index (χ1n) is 14.1. The number of hydrogen-bond acceptors (Lipinski definition) is 6. The van der Waals surface area contributed by atoms with Crippen LogP contribution in [0, 0.1) is 11.3 Å². The fourth-order valence-corrected chi connectivity index (χ4v) is 7.01. The monoisotopic (exact) mass is 572 g/mol. The molecule has 3 N–H and O–H groups in total. The lowest BCUT2D eigenvalue weighted by Gasteiger charge is -2.32. The smallest absolute Gasteiger partial charge is 0.328 e. The SMILES string of the molecule is COC(=O)[C@H](CC1CCCNC1=O)NC(=O)C1CC2(CCCCC2)CN1C(=O)c1cc2c(OC)c(Cl)ccc2[nH]1. The number of rotatable bonds is 7. The Bertz CT molecular complexity index is 1300. The third-order valence-corrected chi connectivity index (χ3v) is 9.15. The maximum atomic E-state index is 14.0. The van der Waals surface area contributed by atoms with Crippen LogP contribution in [0.5, 0.6) is 5.75 Å². The summed E-state index contributed by atoms with van der Waals surface area (Å²) in [6.07, 6.45) is 7.27. The van der Waals surface area contributed by atoms with Gasteiger partial charge in [0.15, 0.2) is 0 Å². The van der Waals surface area contributed by atoms with Gasteiger partial charge in [-0.2, -0.15) is 0 Å². The molecular weight excluding hydrogens is 536 g/mol. The molecule has 3 fully saturated rings. The van der Waals surface area contributed by atoms with E-state index in [1.165, 1.54) is 14.2 Å². The van der Waals surface area contributed by atoms with Gasteiger partial charge in [0.1, 0.15) is 23.5 Å². The molecule has 3 aliphatic rings. The molecule has 1 aliphatic carbocycles. The predicted octanol–water partition coefficient (Wildman–Crippen LogP) is 3.57. The number of H-pyrrole nitrogens is 1. The maximum Gasteiger partial charge on any atom is 0.328 e. The summed E-state index contributed by atoms with van der Waals surface area (Å²) in [5.74, 6) is -1.34. The van der Waals surface area contributed by atoms with Crippen molar-refractivity contribution in [1.82, 2.24) is 20.5 Å². The molecule has 5 rings (SSSR count). The van der Waals surface area contributed by atoms with Gasteiger partial charge in [0.2, 0.25) is 11.8 Å². The number of fused-ring (bicyclic) bond motifs is 1. The maximum absolute atomic E-state index is 14.0. The number of piperidine rings is 1. The summed E-state index contributed by atoms with van der Waals surface area (Å²) in [6.45, 7) is 1.07. The average Bonchev–Trinajstić information content (AvgIpc) is 3.55. The minimum absolute atomic E-state index is 0.123. The van der Waals surface area contributed by atoms with E-state index in [2.05, 4.69) is 15.6 Å². The van der Waals surface area contributed by atoms with Gasteiger partial charge in [-0.05, 0) is 62.1 Å². The number of carbonyl (C=O) groups is 4. The van der Waals surface area contributed by atoms with Crippen LogP contribution in [0.15, 0.2) is 18.2 Å². The summed E-state index contributed by atoms with van der Waals surface area (Å²) in [5, 5.41) is 6.80. The highest BCUT2D eigenvalue weighted by Crippen LogP contribution is 2.47. The Morgan fingerprint density at radius 1 is 1.18 bits per heavy atom. The van der Waals surface area contributed by atoms with E-state index in [9.17, 15) is 19.2 Å². The van der Waals surface area contributed by atoms with Crippen molar-refractivity contribution in [3.63, 3.8) is 0 Å². The number of halogens is 1. The molecule has 2 unspecified atom stereocenters. The molecule has 2 aromatic rings. The van der Waals surface area contributed by atoms with Gasteiger partial charge < -0.3 is 30.0 Å². The highest BCUT2D eigenvalue weighted by atomic mass is 35.5. The van der Waals surface area contributed by atoms with Gasteiger partial charge in [-0.15, -0.1) is 0 Å². The first kappa shape index (κ1) is 28.3. The van der Waals surface area contributed by atoms with Gasteiger partial charge >= 0.3 is 5.97 Å². The lowest BCUT2D eigenvalue weighted by atomic mass is 9.72. The van der Waals surface area contributed by atoms with Crippen LogP contribution in [-0.4, -0.2) is 73.0 Å². The highest BCUT2D eigenvalue weighted by molar-refractivity contribution is 6.33. The average molecular weight is 573 g/mol. The molecule has 3 atom stereocenters. The quantitative estimate of drug-likeness (QED) is 0.435. The van der Waals surface area contributed by atoms with Crippen molar-refractivity contribution in [3.8, 4) is 5.75 Å². The van der Waals surface area contributed by atoms with E-state index in [-0.39, 0.29) is 23.7 Å². The lowest BCUT2D eigenvalue weighted by Crippen LogP contribution is -2.52. The molecule has 1 aromatic heterocycles. The van der Waals surface area contributed by atoms with E-state index < -0.39 is 29.9 Å². The predicted molar refractivity (Wildman–Crippen MR) is 149 cm³/mol. The van der Waals surface area contributed by atoms with Gasteiger partial charge in [-0.1, -0.05) is 30.9 Å². The number of carbonyl (C=O) groups excluding carboxylic acids is 4. The van der Waals surface area contributed by atoms with Crippen LogP contribution in [0.2, 0.25) is 5.02 Å². The zero-order valence-electron chi connectivity index (χ0n) is 23.0. The molecular formula is C29H37ClN4O6. The van der Waals surface area contributed by atoms with E-state index in [0.717, 1.165) is 38.5 Å². The minimum atomic E-state index is -0.981. The molecule has 3 amide bonds. The van der Waals surface area contributed by atoms with Gasteiger partial charge in [0, 0.05) is 29.9 Å². The fourth-order valence-electron chi connectivity index (χ4n) is 6.77. The van der Waals surface area contributed by atoms with Gasteiger partial charge in [0.05, 0.1) is 19.2 Å². The summed E-state index contributed by atoms with van der Waals surface area (Å²) in [7, 11) is 2.79. The Labute approximate surface area is 238 Å². The Balaban J connectivity index is 1.41. The van der Waals surface area contributed by atoms with Crippen molar-refractivity contribution in [2.24, 2.45) is 11.3 Å². The third-order valence-electron chi connectivity index (χ3n) is 8.85. The Hall–Kier alpha value is -3.27. The number of amides is 3. The fraction of sp³-hybridized carbons (Fsp3) is 0.586. The van der Waals surface area contributed by atoms with Crippen LogP contribution in [0.4, 0.5) is 0 Å². The van der Waals surface area contributed by atoms with Crippen LogP contribution in [-0.2, 0) is 19.1 Å². The summed E-state index contributed by atoms with van der Waals surface area (Å²) in [6, 6.07) is 3.47. The van der Waals surface area contributed by atoms with E-state index in [0.29, 0.717) is 53.3 Å². The molecule has 1 saturated carbocycles. The van der Waals surface area contributed by atoms with Crippen LogP contribution < -0.4 is 15.4 Å². The molecule has 1 spiro atoms.